The molecule has 1 heterocycles. The molecule has 2 aromatic rings. The molecule has 0 saturated heterocycles. The van der Waals surface area contributed by atoms with Crippen molar-refractivity contribution in [3.8, 4) is 5.75 Å². The topological polar surface area (TPSA) is 108 Å². The van der Waals surface area contributed by atoms with Gasteiger partial charge in [-0.05, 0) is 38.0 Å². The molecule has 144 valence electrons. The van der Waals surface area contributed by atoms with Gasteiger partial charge in [0.15, 0.2) is 6.61 Å². The van der Waals surface area contributed by atoms with Crippen LogP contribution >= 0.6 is 11.3 Å². The molecule has 2 rings (SSSR count). The number of hydrogen-bond donors (Lipinski definition) is 1. The molecule has 1 N–H and O–H groups in total. The average molecular weight is 392 g/mol. The van der Waals surface area contributed by atoms with Gasteiger partial charge in [-0.2, -0.15) is 0 Å². The number of amides is 1. The largest absolute Gasteiger partial charge is 0.484 e. The number of anilines is 1. The molecule has 0 fully saturated rings. The Morgan fingerprint density at radius 1 is 1.22 bits per heavy atom. The molecule has 0 aliphatic heterocycles. The van der Waals surface area contributed by atoms with E-state index in [9.17, 15) is 19.7 Å². The Kier molecular flexibility index (Phi) is 6.89. The number of hydrogen-bond acceptors (Lipinski definition) is 7. The molecule has 0 aliphatic carbocycles. The molecule has 1 amide bonds. The first-order valence-electron chi connectivity index (χ1n) is 8.33. The number of nitrogens with zero attached hydrogens (tertiary/aromatic N) is 1. The van der Waals surface area contributed by atoms with Gasteiger partial charge in [-0.3, -0.25) is 14.9 Å². The summed E-state index contributed by atoms with van der Waals surface area (Å²) in [6.45, 7) is 5.49. The van der Waals surface area contributed by atoms with Gasteiger partial charge in [0.25, 0.3) is 11.6 Å². The Morgan fingerprint density at radius 3 is 2.44 bits per heavy atom. The zero-order chi connectivity index (χ0) is 20.0. The van der Waals surface area contributed by atoms with Crippen LogP contribution in [0.2, 0.25) is 0 Å². The standard InChI is InChI=1S/C18H20N2O6S/c1-4-14-11(3)27-17(16(14)18(22)25-5-2)19-15(21)10-26-13-8-6-12(7-9-13)20(23)24/h6-9H,4-5,10H2,1-3H3,(H,19,21). The van der Waals surface area contributed by atoms with E-state index >= 15 is 0 Å². The minimum absolute atomic E-state index is 0.0629. The lowest BCUT2D eigenvalue weighted by molar-refractivity contribution is -0.384. The number of rotatable bonds is 8. The zero-order valence-electron chi connectivity index (χ0n) is 15.2. The van der Waals surface area contributed by atoms with E-state index in [1.807, 2.05) is 13.8 Å². The van der Waals surface area contributed by atoms with Crippen molar-refractivity contribution >= 4 is 33.9 Å². The summed E-state index contributed by atoms with van der Waals surface area (Å²) >= 11 is 1.31. The maximum atomic E-state index is 12.3. The predicted octanol–water partition coefficient (Wildman–Crippen LogP) is 3.72. The maximum absolute atomic E-state index is 12.3. The van der Waals surface area contributed by atoms with Crippen molar-refractivity contribution in [2.45, 2.75) is 27.2 Å². The molecule has 0 bridgehead atoms. The summed E-state index contributed by atoms with van der Waals surface area (Å²) in [5.41, 5.74) is 1.17. The molecule has 8 nitrogen and oxygen atoms in total. The van der Waals surface area contributed by atoms with Crippen molar-refractivity contribution in [3.63, 3.8) is 0 Å². The Morgan fingerprint density at radius 2 is 1.89 bits per heavy atom. The van der Waals surface area contributed by atoms with Gasteiger partial charge in [0.1, 0.15) is 10.8 Å². The second-order valence-corrected chi connectivity index (χ2v) is 6.73. The third kappa shape index (κ3) is 5.04. The van der Waals surface area contributed by atoms with Gasteiger partial charge in [-0.1, -0.05) is 6.92 Å². The van der Waals surface area contributed by atoms with E-state index in [0.717, 1.165) is 10.4 Å². The van der Waals surface area contributed by atoms with Crippen molar-refractivity contribution in [2.24, 2.45) is 0 Å². The van der Waals surface area contributed by atoms with Crippen LogP contribution in [0, 0.1) is 17.0 Å². The van der Waals surface area contributed by atoms with E-state index in [2.05, 4.69) is 5.32 Å². The van der Waals surface area contributed by atoms with Gasteiger partial charge >= 0.3 is 5.97 Å². The maximum Gasteiger partial charge on any atom is 0.341 e. The van der Waals surface area contributed by atoms with E-state index in [1.165, 1.54) is 35.6 Å². The molecule has 0 radical (unpaired) electrons. The first-order chi connectivity index (χ1) is 12.9. The highest BCUT2D eigenvalue weighted by Crippen LogP contribution is 2.34. The molecule has 1 aromatic heterocycles. The second-order valence-electron chi connectivity index (χ2n) is 5.50. The number of nitro groups is 1. The summed E-state index contributed by atoms with van der Waals surface area (Å²) in [7, 11) is 0. The molecule has 0 aliphatic rings. The van der Waals surface area contributed by atoms with Crippen LogP contribution in [0.1, 0.15) is 34.6 Å². The van der Waals surface area contributed by atoms with Crippen molar-refractivity contribution < 1.29 is 24.0 Å². The first kappa shape index (κ1) is 20.4. The Balaban J connectivity index is 2.06. The summed E-state index contributed by atoms with van der Waals surface area (Å²) < 4.78 is 10.4. The van der Waals surface area contributed by atoms with Gasteiger partial charge in [0.2, 0.25) is 0 Å². The van der Waals surface area contributed by atoms with Crippen LogP contribution in [0.4, 0.5) is 10.7 Å². The van der Waals surface area contributed by atoms with Crippen LogP contribution < -0.4 is 10.1 Å². The fourth-order valence-electron chi connectivity index (χ4n) is 2.49. The van der Waals surface area contributed by atoms with E-state index in [-0.39, 0.29) is 18.9 Å². The number of esters is 1. The Bertz CT molecular complexity index is 844. The SMILES string of the molecule is CCOC(=O)c1c(NC(=O)COc2ccc([N+](=O)[O-])cc2)sc(C)c1CC. The molecule has 27 heavy (non-hydrogen) atoms. The highest BCUT2D eigenvalue weighted by atomic mass is 32.1. The van der Waals surface area contributed by atoms with Gasteiger partial charge in [-0.15, -0.1) is 11.3 Å². The van der Waals surface area contributed by atoms with Crippen LogP contribution in [0.5, 0.6) is 5.75 Å². The van der Waals surface area contributed by atoms with Gasteiger partial charge in [-0.25, -0.2) is 4.79 Å². The summed E-state index contributed by atoms with van der Waals surface area (Å²) in [5, 5.41) is 13.8. The Hall–Kier alpha value is -2.94. The van der Waals surface area contributed by atoms with Gasteiger partial charge < -0.3 is 14.8 Å². The van der Waals surface area contributed by atoms with Gasteiger partial charge in [0, 0.05) is 17.0 Å². The molecule has 9 heteroatoms. The fourth-order valence-corrected chi connectivity index (χ4v) is 3.64. The molecule has 0 spiro atoms. The predicted molar refractivity (Wildman–Crippen MR) is 102 cm³/mol. The zero-order valence-corrected chi connectivity index (χ0v) is 16.1. The Labute approximate surface area is 160 Å². The number of nitro benzene ring substituents is 1. The van der Waals surface area contributed by atoms with E-state index in [0.29, 0.717) is 22.7 Å². The van der Waals surface area contributed by atoms with Crippen molar-refractivity contribution in [1.82, 2.24) is 0 Å². The highest BCUT2D eigenvalue weighted by molar-refractivity contribution is 7.16. The highest BCUT2D eigenvalue weighted by Gasteiger charge is 2.23. The minimum Gasteiger partial charge on any atom is -0.484 e. The number of ether oxygens (including phenoxy) is 2. The third-order valence-electron chi connectivity index (χ3n) is 3.71. The summed E-state index contributed by atoms with van der Waals surface area (Å²) in [6.07, 6.45) is 0.644. The first-order valence-corrected chi connectivity index (χ1v) is 9.15. The lowest BCUT2D eigenvalue weighted by Gasteiger charge is -2.09. The second kappa shape index (κ2) is 9.13. The van der Waals surface area contributed by atoms with Crippen molar-refractivity contribution in [2.75, 3.05) is 18.5 Å². The van der Waals surface area contributed by atoms with Crippen LogP contribution in [-0.2, 0) is 16.0 Å². The quantitative estimate of drug-likeness (QED) is 0.417. The molecule has 1 aromatic carbocycles. The lowest BCUT2D eigenvalue weighted by atomic mass is 10.1. The minimum atomic E-state index is -0.516. The van der Waals surface area contributed by atoms with E-state index in [4.69, 9.17) is 9.47 Å². The van der Waals surface area contributed by atoms with Gasteiger partial charge in [0.05, 0.1) is 17.1 Å². The van der Waals surface area contributed by atoms with Crippen LogP contribution in [0.3, 0.4) is 0 Å². The van der Waals surface area contributed by atoms with Crippen LogP contribution in [-0.4, -0.2) is 30.0 Å². The number of benzene rings is 1. The summed E-state index contributed by atoms with van der Waals surface area (Å²) in [4.78, 5) is 35.5. The number of nitrogens with one attached hydrogen (secondary N) is 1. The molecular formula is C18H20N2O6S. The van der Waals surface area contributed by atoms with Crippen molar-refractivity contribution in [1.29, 1.82) is 0 Å². The number of carbonyl (C=O) groups excluding carboxylic acids is 2. The average Bonchev–Trinajstić information content (AvgIpc) is 2.95. The number of thiophene rings is 1. The molecular weight excluding hydrogens is 372 g/mol. The molecule has 0 atom stereocenters. The normalized spacial score (nSPS) is 10.3. The van der Waals surface area contributed by atoms with Crippen molar-refractivity contribution in [3.05, 3.63) is 50.4 Å². The summed E-state index contributed by atoms with van der Waals surface area (Å²) in [6, 6.07) is 5.42. The number of carbonyl (C=O) groups is 2. The smallest absolute Gasteiger partial charge is 0.341 e. The fraction of sp³-hybridized carbons (Fsp3) is 0.333. The number of aryl methyl sites for hydroxylation is 1. The molecule has 0 saturated carbocycles. The lowest BCUT2D eigenvalue weighted by Crippen LogP contribution is -2.21. The van der Waals surface area contributed by atoms with Crippen LogP contribution in [0.15, 0.2) is 24.3 Å². The third-order valence-corrected chi connectivity index (χ3v) is 4.78. The summed E-state index contributed by atoms with van der Waals surface area (Å²) in [5.74, 6) is -0.578. The number of non-ortho nitro benzene ring substituents is 1. The monoisotopic (exact) mass is 392 g/mol. The van der Waals surface area contributed by atoms with E-state index in [1.54, 1.807) is 6.92 Å². The molecule has 0 unspecified atom stereocenters. The van der Waals surface area contributed by atoms with E-state index < -0.39 is 16.8 Å². The van der Waals surface area contributed by atoms with Crippen LogP contribution in [0.25, 0.3) is 0 Å².